The molecule has 8 aromatic rings. The zero-order chi connectivity index (χ0) is 32.1. The van der Waals surface area contributed by atoms with Gasteiger partial charge in [-0.2, -0.15) is 0 Å². The zero-order valence-electron chi connectivity index (χ0n) is 26.4. The van der Waals surface area contributed by atoms with Crippen molar-refractivity contribution < 1.29 is 0 Å². The van der Waals surface area contributed by atoms with Crippen molar-refractivity contribution in [2.45, 2.75) is 0 Å². The highest BCUT2D eigenvalue weighted by atomic mass is 14.6. The van der Waals surface area contributed by atoms with Gasteiger partial charge in [0.25, 0.3) is 0 Å². The Morgan fingerprint density at radius 2 is 0.417 bits per heavy atom. The van der Waals surface area contributed by atoms with Crippen molar-refractivity contribution in [3.63, 3.8) is 0 Å². The van der Waals surface area contributed by atoms with Crippen LogP contribution in [0, 0.1) is 0 Å². The summed E-state index contributed by atoms with van der Waals surface area (Å²) in [7, 11) is 0. The molecule has 6 aromatic carbocycles. The molecule has 0 saturated heterocycles. The van der Waals surface area contributed by atoms with Gasteiger partial charge in [-0.25, -0.2) is 0 Å². The summed E-state index contributed by atoms with van der Waals surface area (Å²) in [6.07, 6.45) is 7.39. The summed E-state index contributed by atoms with van der Waals surface area (Å²) >= 11 is 0. The summed E-state index contributed by atoms with van der Waals surface area (Å²) in [4.78, 5) is 8.47. The molecule has 2 aromatic heterocycles. The number of nitrogens with zero attached hydrogens (tertiary/aromatic N) is 2. The van der Waals surface area contributed by atoms with Crippen LogP contribution < -0.4 is 0 Å². The van der Waals surface area contributed by atoms with Crippen molar-refractivity contribution in [1.29, 1.82) is 0 Å². The predicted octanol–water partition coefficient (Wildman–Crippen LogP) is 12.1. The Labute approximate surface area is 281 Å². The molecular weight excluding hydrogens is 581 g/mol. The SMILES string of the molecule is c1ccc(-c2cccc(-c3cccc(-c4cccc(-c5cccc(-c6cc(-c7ccncc7)cc(-c7ccncc7)c6)c5)c4)c3)c2)cc1. The first kappa shape index (κ1) is 29.1. The molecule has 0 atom stereocenters. The van der Waals surface area contributed by atoms with Gasteiger partial charge in [0.05, 0.1) is 0 Å². The first-order chi connectivity index (χ1) is 23.8. The van der Waals surface area contributed by atoms with E-state index in [4.69, 9.17) is 0 Å². The molecule has 48 heavy (non-hydrogen) atoms. The van der Waals surface area contributed by atoms with E-state index in [2.05, 4.69) is 180 Å². The van der Waals surface area contributed by atoms with Crippen molar-refractivity contribution >= 4 is 0 Å². The summed E-state index contributed by atoms with van der Waals surface area (Å²) in [5.74, 6) is 0. The maximum Gasteiger partial charge on any atom is 0.0273 e. The molecular formula is C46H32N2. The monoisotopic (exact) mass is 612 g/mol. The lowest BCUT2D eigenvalue weighted by atomic mass is 9.92. The number of aromatic nitrogens is 2. The minimum atomic E-state index is 1.14. The van der Waals surface area contributed by atoms with Crippen LogP contribution in [-0.4, -0.2) is 9.97 Å². The van der Waals surface area contributed by atoms with Crippen LogP contribution in [0.1, 0.15) is 0 Å². The normalized spacial score (nSPS) is 10.9. The molecule has 0 fully saturated rings. The van der Waals surface area contributed by atoms with Crippen LogP contribution in [0.2, 0.25) is 0 Å². The largest absolute Gasteiger partial charge is 0.265 e. The Bertz CT molecular complexity index is 2270. The lowest BCUT2D eigenvalue weighted by Gasteiger charge is -2.13. The van der Waals surface area contributed by atoms with E-state index in [-0.39, 0.29) is 0 Å². The van der Waals surface area contributed by atoms with Crippen LogP contribution in [0.5, 0.6) is 0 Å². The number of rotatable bonds is 7. The van der Waals surface area contributed by atoms with E-state index in [1.54, 1.807) is 0 Å². The van der Waals surface area contributed by atoms with Crippen molar-refractivity contribution in [2.24, 2.45) is 0 Å². The Morgan fingerprint density at radius 3 is 0.771 bits per heavy atom. The molecule has 226 valence electrons. The van der Waals surface area contributed by atoms with Gasteiger partial charge in [-0.3, -0.25) is 9.97 Å². The van der Waals surface area contributed by atoms with Gasteiger partial charge in [-0.1, -0.05) is 103 Å². The van der Waals surface area contributed by atoms with E-state index in [9.17, 15) is 0 Å². The van der Waals surface area contributed by atoms with Gasteiger partial charge in [0, 0.05) is 24.8 Å². The summed E-state index contributed by atoms with van der Waals surface area (Å²) in [6, 6.07) is 60.9. The van der Waals surface area contributed by atoms with Gasteiger partial charge in [0.15, 0.2) is 0 Å². The minimum absolute atomic E-state index is 1.14. The molecule has 0 unspecified atom stereocenters. The number of benzene rings is 6. The fourth-order valence-electron chi connectivity index (χ4n) is 6.36. The Hall–Kier alpha value is -6.38. The molecule has 0 N–H and O–H groups in total. The third-order valence-electron chi connectivity index (χ3n) is 8.85. The maximum atomic E-state index is 4.23. The topological polar surface area (TPSA) is 25.8 Å². The van der Waals surface area contributed by atoms with Gasteiger partial charge in [-0.05, 0) is 145 Å². The average Bonchev–Trinajstić information content (AvgIpc) is 3.19. The lowest BCUT2D eigenvalue weighted by Crippen LogP contribution is -1.88. The molecule has 0 amide bonds. The van der Waals surface area contributed by atoms with Gasteiger partial charge >= 0.3 is 0 Å². The van der Waals surface area contributed by atoms with Crippen LogP contribution in [0.4, 0.5) is 0 Å². The first-order valence-corrected chi connectivity index (χ1v) is 16.2. The van der Waals surface area contributed by atoms with Crippen LogP contribution >= 0.6 is 0 Å². The van der Waals surface area contributed by atoms with Crippen molar-refractivity contribution in [3.05, 3.63) is 195 Å². The van der Waals surface area contributed by atoms with Crippen molar-refractivity contribution in [1.82, 2.24) is 9.97 Å². The summed E-state index contributed by atoms with van der Waals surface area (Å²) in [5, 5.41) is 0. The van der Waals surface area contributed by atoms with Crippen molar-refractivity contribution in [3.8, 4) is 77.9 Å². The van der Waals surface area contributed by atoms with Gasteiger partial charge in [-0.15, -0.1) is 0 Å². The molecule has 0 radical (unpaired) electrons. The molecule has 2 heteroatoms. The molecule has 0 aliphatic carbocycles. The number of hydrogen-bond acceptors (Lipinski definition) is 2. The highest BCUT2D eigenvalue weighted by Gasteiger charge is 2.10. The number of pyridine rings is 2. The van der Waals surface area contributed by atoms with Gasteiger partial charge in [0.1, 0.15) is 0 Å². The average molecular weight is 613 g/mol. The quantitative estimate of drug-likeness (QED) is 0.179. The van der Waals surface area contributed by atoms with Crippen molar-refractivity contribution in [2.75, 3.05) is 0 Å². The molecule has 0 saturated carbocycles. The first-order valence-electron chi connectivity index (χ1n) is 16.2. The van der Waals surface area contributed by atoms with Crippen LogP contribution in [0.3, 0.4) is 0 Å². The highest BCUT2D eigenvalue weighted by Crippen LogP contribution is 2.36. The van der Waals surface area contributed by atoms with E-state index in [1.165, 1.54) is 55.6 Å². The standard InChI is InChI=1S/C46H32N2/c1-2-8-33(9-3-1)36-10-4-11-37(26-36)38-12-5-13-39(27-38)40-14-6-15-41(28-40)42-16-7-17-43(29-42)46-31-44(34-18-22-47-23-19-34)30-45(32-46)35-20-24-48-25-21-35/h1-32H. The Balaban J connectivity index is 1.14. The smallest absolute Gasteiger partial charge is 0.0273 e. The Kier molecular flexibility index (Phi) is 7.96. The Morgan fingerprint density at radius 1 is 0.188 bits per heavy atom. The second-order valence-electron chi connectivity index (χ2n) is 12.0. The van der Waals surface area contributed by atoms with E-state index in [1.807, 2.05) is 24.8 Å². The fourth-order valence-corrected chi connectivity index (χ4v) is 6.36. The molecule has 8 rings (SSSR count). The molecule has 0 aliphatic rings. The third-order valence-corrected chi connectivity index (χ3v) is 8.85. The zero-order valence-corrected chi connectivity index (χ0v) is 26.4. The predicted molar refractivity (Wildman–Crippen MR) is 200 cm³/mol. The maximum absolute atomic E-state index is 4.23. The second kappa shape index (κ2) is 13.2. The van der Waals surface area contributed by atoms with E-state index >= 15 is 0 Å². The molecule has 0 bridgehead atoms. The fraction of sp³-hybridized carbons (Fsp3) is 0. The molecule has 2 heterocycles. The third kappa shape index (κ3) is 6.20. The molecule has 0 aliphatic heterocycles. The molecule has 2 nitrogen and oxygen atoms in total. The van der Waals surface area contributed by atoms with Gasteiger partial charge in [0.2, 0.25) is 0 Å². The van der Waals surface area contributed by atoms with E-state index in [0.717, 1.165) is 22.3 Å². The van der Waals surface area contributed by atoms with E-state index in [0.29, 0.717) is 0 Å². The summed E-state index contributed by atoms with van der Waals surface area (Å²) in [5.41, 5.74) is 16.5. The van der Waals surface area contributed by atoms with E-state index < -0.39 is 0 Å². The number of hydrogen-bond donors (Lipinski definition) is 0. The van der Waals surface area contributed by atoms with Crippen LogP contribution in [0.15, 0.2) is 195 Å². The van der Waals surface area contributed by atoms with Crippen LogP contribution in [0.25, 0.3) is 77.9 Å². The minimum Gasteiger partial charge on any atom is -0.265 e. The van der Waals surface area contributed by atoms with Gasteiger partial charge < -0.3 is 0 Å². The molecule has 0 spiro atoms. The highest BCUT2D eigenvalue weighted by molar-refractivity contribution is 5.84. The summed E-state index contributed by atoms with van der Waals surface area (Å²) < 4.78 is 0. The second-order valence-corrected chi connectivity index (χ2v) is 12.0. The van der Waals surface area contributed by atoms with Crippen LogP contribution in [-0.2, 0) is 0 Å². The lowest BCUT2D eigenvalue weighted by molar-refractivity contribution is 1.33. The summed E-state index contributed by atoms with van der Waals surface area (Å²) in [6.45, 7) is 0.